The number of aryl methyl sites for hydroxylation is 1. The Balaban J connectivity index is 1.39. The van der Waals surface area contributed by atoms with Gasteiger partial charge in [0.2, 0.25) is 0 Å². The third-order valence-electron chi connectivity index (χ3n) is 5.89. The van der Waals surface area contributed by atoms with Gasteiger partial charge in [0.05, 0.1) is 11.3 Å². The molecule has 1 aliphatic rings. The third kappa shape index (κ3) is 5.25. The summed E-state index contributed by atoms with van der Waals surface area (Å²) >= 11 is 0. The van der Waals surface area contributed by atoms with Crippen LogP contribution in [0.4, 0.5) is 0 Å². The molecule has 1 aliphatic heterocycles. The van der Waals surface area contributed by atoms with E-state index in [1.54, 1.807) is 0 Å². The maximum Gasteiger partial charge on any atom is 0.255 e. The van der Waals surface area contributed by atoms with Crippen molar-refractivity contribution in [2.75, 3.05) is 19.6 Å². The minimum atomic E-state index is -0.0981. The first kappa shape index (κ1) is 21.4. The summed E-state index contributed by atoms with van der Waals surface area (Å²) in [7, 11) is 0. The highest BCUT2D eigenvalue weighted by Crippen LogP contribution is 2.20. The number of imidazole rings is 1. The van der Waals surface area contributed by atoms with Gasteiger partial charge < -0.3 is 19.4 Å². The van der Waals surface area contributed by atoms with Crippen LogP contribution in [-0.2, 0) is 6.61 Å². The number of nitrogens with zero attached hydrogens (tertiary/aromatic N) is 3. The zero-order valence-corrected chi connectivity index (χ0v) is 18.7. The Labute approximate surface area is 184 Å². The number of piperidine rings is 1. The highest BCUT2D eigenvalue weighted by molar-refractivity contribution is 5.97. The second-order valence-electron chi connectivity index (χ2n) is 8.82. The average Bonchev–Trinajstić information content (AvgIpc) is 3.17. The van der Waals surface area contributed by atoms with Gasteiger partial charge in [-0.15, -0.1) is 0 Å². The van der Waals surface area contributed by atoms with Crippen LogP contribution in [0.5, 0.6) is 5.75 Å². The molecule has 1 amide bonds. The van der Waals surface area contributed by atoms with E-state index in [0.717, 1.165) is 42.5 Å². The van der Waals surface area contributed by atoms with E-state index in [1.807, 2.05) is 60.1 Å². The molecule has 1 N–H and O–H groups in total. The summed E-state index contributed by atoms with van der Waals surface area (Å²) in [6.07, 6.45) is 6.48. The Morgan fingerprint density at radius 2 is 2.13 bits per heavy atom. The van der Waals surface area contributed by atoms with Crippen molar-refractivity contribution in [1.82, 2.24) is 19.6 Å². The summed E-state index contributed by atoms with van der Waals surface area (Å²) in [5.41, 5.74) is 3.43. The number of carbonyl (C=O) groups excluding carboxylic acids is 1. The van der Waals surface area contributed by atoms with Crippen LogP contribution in [0.3, 0.4) is 0 Å². The number of ether oxygens (including phenoxy) is 1. The van der Waals surface area contributed by atoms with Crippen molar-refractivity contribution < 1.29 is 9.53 Å². The number of pyridine rings is 1. The molecule has 31 heavy (non-hydrogen) atoms. The van der Waals surface area contributed by atoms with Gasteiger partial charge in [0.15, 0.2) is 0 Å². The molecule has 0 radical (unpaired) electrons. The number of rotatable bonds is 7. The Kier molecular flexibility index (Phi) is 6.56. The highest BCUT2D eigenvalue weighted by atomic mass is 16.5. The van der Waals surface area contributed by atoms with Gasteiger partial charge in [-0.1, -0.05) is 25.1 Å². The number of nitrogens with one attached hydrogen (secondary N) is 1. The molecule has 2 unspecified atom stereocenters. The molecular formula is C25H32N4O2. The van der Waals surface area contributed by atoms with Crippen LogP contribution in [-0.4, -0.2) is 45.9 Å². The van der Waals surface area contributed by atoms with Gasteiger partial charge in [0, 0.05) is 31.5 Å². The molecule has 6 heteroatoms. The summed E-state index contributed by atoms with van der Waals surface area (Å²) in [4.78, 5) is 20.1. The van der Waals surface area contributed by atoms with Crippen LogP contribution in [0.25, 0.3) is 5.65 Å². The third-order valence-corrected chi connectivity index (χ3v) is 5.89. The lowest BCUT2D eigenvalue weighted by Crippen LogP contribution is -2.45. The second-order valence-corrected chi connectivity index (χ2v) is 8.82. The van der Waals surface area contributed by atoms with Crippen molar-refractivity contribution in [3.63, 3.8) is 0 Å². The van der Waals surface area contributed by atoms with Crippen LogP contribution in [0.2, 0.25) is 0 Å². The summed E-state index contributed by atoms with van der Waals surface area (Å²) < 4.78 is 8.01. The predicted octanol–water partition coefficient (Wildman–Crippen LogP) is 4.07. The highest BCUT2D eigenvalue weighted by Gasteiger charge is 2.20. The molecule has 0 bridgehead atoms. The van der Waals surface area contributed by atoms with Crippen molar-refractivity contribution in [3.8, 4) is 5.75 Å². The Hall–Kier alpha value is -2.86. The SMILES string of the molecule is Cc1cccn2cc(COc3ccccc3C(=O)NC(C)CN3CCCC(C)C3)nc12. The van der Waals surface area contributed by atoms with Crippen molar-refractivity contribution in [3.05, 3.63) is 65.6 Å². The number of carbonyl (C=O) groups is 1. The summed E-state index contributed by atoms with van der Waals surface area (Å²) in [5, 5.41) is 3.15. The lowest BCUT2D eigenvalue weighted by molar-refractivity contribution is 0.0915. The second kappa shape index (κ2) is 9.52. The molecule has 1 saturated heterocycles. The molecule has 3 heterocycles. The van der Waals surface area contributed by atoms with Gasteiger partial charge in [0.25, 0.3) is 5.91 Å². The number of benzene rings is 1. The van der Waals surface area contributed by atoms with Crippen molar-refractivity contribution in [1.29, 1.82) is 0 Å². The summed E-state index contributed by atoms with van der Waals surface area (Å²) in [6.45, 7) is 9.82. The van der Waals surface area contributed by atoms with Gasteiger partial charge in [-0.05, 0) is 62.9 Å². The smallest absolute Gasteiger partial charge is 0.255 e. The average molecular weight is 421 g/mol. The van der Waals surface area contributed by atoms with E-state index < -0.39 is 0 Å². The number of hydrogen-bond acceptors (Lipinski definition) is 4. The standard InChI is InChI=1S/C25H32N4O2/c1-18-8-6-12-28(14-18)15-20(3)26-25(30)22-10-4-5-11-23(22)31-17-21-16-29-13-7-9-19(2)24(29)27-21/h4-5,7,9-11,13,16,18,20H,6,8,12,14-15,17H2,1-3H3,(H,26,30). The van der Waals surface area contributed by atoms with E-state index in [9.17, 15) is 4.79 Å². The molecule has 6 nitrogen and oxygen atoms in total. The fourth-order valence-corrected chi connectivity index (χ4v) is 4.39. The van der Waals surface area contributed by atoms with Crippen molar-refractivity contribution in [2.45, 2.75) is 46.3 Å². The Bertz CT molecular complexity index is 1040. The van der Waals surface area contributed by atoms with Gasteiger partial charge in [-0.25, -0.2) is 4.98 Å². The number of aromatic nitrogens is 2. The van der Waals surface area contributed by atoms with Gasteiger partial charge in [-0.3, -0.25) is 4.79 Å². The van der Waals surface area contributed by atoms with Gasteiger partial charge in [-0.2, -0.15) is 0 Å². The van der Waals surface area contributed by atoms with Crippen molar-refractivity contribution in [2.24, 2.45) is 5.92 Å². The summed E-state index contributed by atoms with van der Waals surface area (Å²) in [5.74, 6) is 1.21. The van der Waals surface area contributed by atoms with E-state index in [0.29, 0.717) is 17.9 Å². The molecule has 4 rings (SSSR count). The lowest BCUT2D eigenvalue weighted by Gasteiger charge is -2.32. The van der Waals surface area contributed by atoms with Crippen LogP contribution >= 0.6 is 0 Å². The summed E-state index contributed by atoms with van der Waals surface area (Å²) in [6, 6.07) is 11.5. The number of fused-ring (bicyclic) bond motifs is 1. The van der Waals surface area contributed by atoms with E-state index >= 15 is 0 Å². The van der Waals surface area contributed by atoms with E-state index in [4.69, 9.17) is 4.74 Å². The first-order valence-electron chi connectivity index (χ1n) is 11.2. The minimum Gasteiger partial charge on any atom is -0.486 e. The van der Waals surface area contributed by atoms with E-state index in [1.165, 1.54) is 12.8 Å². The van der Waals surface area contributed by atoms with Crippen LogP contribution < -0.4 is 10.1 Å². The molecule has 0 saturated carbocycles. The first-order valence-corrected chi connectivity index (χ1v) is 11.2. The largest absolute Gasteiger partial charge is 0.486 e. The lowest BCUT2D eigenvalue weighted by atomic mass is 10.00. The van der Waals surface area contributed by atoms with Crippen LogP contribution in [0.15, 0.2) is 48.8 Å². The molecule has 164 valence electrons. The molecule has 0 spiro atoms. The fraction of sp³-hybridized carbons (Fsp3) is 0.440. The quantitative estimate of drug-likeness (QED) is 0.626. The van der Waals surface area contributed by atoms with Crippen LogP contribution in [0.1, 0.15) is 48.3 Å². The maximum absolute atomic E-state index is 12.9. The Morgan fingerprint density at radius 3 is 2.94 bits per heavy atom. The number of amides is 1. The molecule has 3 aromatic rings. The molecular weight excluding hydrogens is 388 g/mol. The number of hydrogen-bond donors (Lipinski definition) is 1. The van der Waals surface area contributed by atoms with Gasteiger partial charge >= 0.3 is 0 Å². The number of para-hydroxylation sites is 1. The van der Waals surface area contributed by atoms with Gasteiger partial charge in [0.1, 0.15) is 18.0 Å². The topological polar surface area (TPSA) is 58.9 Å². The minimum absolute atomic E-state index is 0.0762. The predicted molar refractivity (Wildman–Crippen MR) is 122 cm³/mol. The molecule has 1 fully saturated rings. The normalized spacial score (nSPS) is 18.1. The number of likely N-dealkylation sites (tertiary alicyclic amines) is 1. The zero-order chi connectivity index (χ0) is 21.8. The monoisotopic (exact) mass is 420 g/mol. The Morgan fingerprint density at radius 1 is 1.29 bits per heavy atom. The van der Waals surface area contributed by atoms with Crippen molar-refractivity contribution >= 4 is 11.6 Å². The molecule has 1 aromatic carbocycles. The molecule has 2 atom stereocenters. The van der Waals surface area contributed by atoms with E-state index in [2.05, 4.69) is 29.0 Å². The zero-order valence-electron chi connectivity index (χ0n) is 18.7. The maximum atomic E-state index is 12.9. The van der Waals surface area contributed by atoms with E-state index in [-0.39, 0.29) is 11.9 Å². The molecule has 2 aromatic heterocycles. The molecule has 0 aliphatic carbocycles. The van der Waals surface area contributed by atoms with Crippen LogP contribution in [0, 0.1) is 12.8 Å². The fourth-order valence-electron chi connectivity index (χ4n) is 4.39. The first-order chi connectivity index (χ1) is 15.0.